The summed E-state index contributed by atoms with van der Waals surface area (Å²) in [6.07, 6.45) is 0.833. The summed E-state index contributed by atoms with van der Waals surface area (Å²) < 4.78 is 46.4. The lowest BCUT2D eigenvalue weighted by Gasteiger charge is -2.24. The van der Waals surface area contributed by atoms with Crippen molar-refractivity contribution in [3.63, 3.8) is 0 Å². The summed E-state index contributed by atoms with van der Waals surface area (Å²) in [5.41, 5.74) is 0. The van der Waals surface area contributed by atoms with Crippen molar-refractivity contribution in [2.45, 2.75) is 18.9 Å². The van der Waals surface area contributed by atoms with E-state index in [0.29, 0.717) is 18.9 Å². The Morgan fingerprint density at radius 3 is 1.87 bits per heavy atom. The van der Waals surface area contributed by atoms with Crippen LogP contribution in [-0.2, 0) is 23.4 Å². The molecule has 0 aromatic carbocycles. The molecular formula is C7H17O6SSi-. The smallest absolute Gasteiger partial charge is 0.500 e. The zero-order valence-corrected chi connectivity index (χ0v) is 11.0. The first-order valence-corrected chi connectivity index (χ1v) is 7.99. The van der Waals surface area contributed by atoms with Gasteiger partial charge in [-0.2, -0.15) is 0 Å². The van der Waals surface area contributed by atoms with Crippen molar-refractivity contribution in [1.82, 2.24) is 0 Å². The molecule has 0 aromatic heterocycles. The third-order valence-electron chi connectivity index (χ3n) is 2.06. The Morgan fingerprint density at radius 1 is 1.07 bits per heavy atom. The maximum absolute atomic E-state index is 10.3. The average Bonchev–Trinajstić information content (AvgIpc) is 2.18. The molecule has 6 nitrogen and oxygen atoms in total. The summed E-state index contributed by atoms with van der Waals surface area (Å²) in [5, 5.41) is 0. The first-order valence-electron chi connectivity index (χ1n) is 4.48. The van der Waals surface area contributed by atoms with Gasteiger partial charge in [-0.3, -0.25) is 0 Å². The highest BCUT2D eigenvalue weighted by atomic mass is 32.2. The molecule has 0 aliphatic carbocycles. The molecule has 0 spiro atoms. The van der Waals surface area contributed by atoms with E-state index in [1.54, 1.807) is 0 Å². The van der Waals surface area contributed by atoms with E-state index in [0.717, 1.165) is 0 Å². The lowest BCUT2D eigenvalue weighted by Crippen LogP contribution is -2.42. The summed E-state index contributed by atoms with van der Waals surface area (Å²) in [6, 6.07) is 0.506. The predicted molar refractivity (Wildman–Crippen MR) is 55.4 cm³/mol. The van der Waals surface area contributed by atoms with Crippen LogP contribution in [-0.4, -0.2) is 48.9 Å². The van der Waals surface area contributed by atoms with Crippen LogP contribution in [0.25, 0.3) is 0 Å². The molecule has 0 unspecified atom stereocenters. The molecule has 15 heavy (non-hydrogen) atoms. The van der Waals surface area contributed by atoms with Crippen molar-refractivity contribution in [3.8, 4) is 0 Å². The molecule has 0 aromatic rings. The lowest BCUT2D eigenvalue weighted by atomic mass is 10.4. The van der Waals surface area contributed by atoms with Crippen LogP contribution < -0.4 is 0 Å². The number of hydrogen-bond acceptors (Lipinski definition) is 6. The van der Waals surface area contributed by atoms with Crippen LogP contribution >= 0.6 is 0 Å². The van der Waals surface area contributed by atoms with Gasteiger partial charge in [-0.05, 0) is 12.8 Å². The maximum Gasteiger partial charge on any atom is 0.500 e. The fourth-order valence-electron chi connectivity index (χ4n) is 1.18. The van der Waals surface area contributed by atoms with Gasteiger partial charge >= 0.3 is 8.80 Å². The second-order valence-electron chi connectivity index (χ2n) is 3.01. The molecule has 0 rings (SSSR count). The molecule has 0 heterocycles. The highest BCUT2D eigenvalue weighted by Crippen LogP contribution is 2.16. The van der Waals surface area contributed by atoms with E-state index >= 15 is 0 Å². The Labute approximate surface area is 91.6 Å². The van der Waals surface area contributed by atoms with Gasteiger partial charge in [0.1, 0.15) is 0 Å². The molecule has 92 valence electrons. The van der Waals surface area contributed by atoms with Gasteiger partial charge in [-0.25, -0.2) is 8.42 Å². The molecule has 0 atom stereocenters. The number of rotatable bonds is 8. The molecule has 0 saturated heterocycles. The van der Waals surface area contributed by atoms with Crippen molar-refractivity contribution in [3.05, 3.63) is 0 Å². The van der Waals surface area contributed by atoms with Crippen LogP contribution in [0.4, 0.5) is 0 Å². The van der Waals surface area contributed by atoms with Crippen LogP contribution in [0.2, 0.25) is 6.04 Å². The number of hydrogen-bond donors (Lipinski definition) is 0. The fourth-order valence-corrected chi connectivity index (χ4v) is 3.53. The second kappa shape index (κ2) is 6.56. The average molecular weight is 257 g/mol. The van der Waals surface area contributed by atoms with E-state index in [1.165, 1.54) is 21.3 Å². The van der Waals surface area contributed by atoms with E-state index in [1.807, 2.05) is 0 Å². The Kier molecular flexibility index (Phi) is 6.56. The highest BCUT2D eigenvalue weighted by Gasteiger charge is 2.36. The third-order valence-corrected chi connectivity index (χ3v) is 5.68. The van der Waals surface area contributed by atoms with Crippen LogP contribution in [0.15, 0.2) is 0 Å². The molecule has 8 heteroatoms. The number of unbranched alkanes of at least 4 members (excludes halogenated alkanes) is 1. The molecule has 0 radical (unpaired) electrons. The summed E-state index contributed by atoms with van der Waals surface area (Å²) >= 11 is 0. The van der Waals surface area contributed by atoms with Gasteiger partial charge in [0.2, 0.25) is 0 Å². The van der Waals surface area contributed by atoms with E-state index in [4.69, 9.17) is 13.3 Å². The normalized spacial score (nSPS) is 13.1. The summed E-state index contributed by atoms with van der Waals surface area (Å²) in [6.45, 7) is 0. The second-order valence-corrected chi connectivity index (χ2v) is 7.63. The van der Waals surface area contributed by atoms with E-state index < -0.39 is 18.9 Å². The van der Waals surface area contributed by atoms with Crippen LogP contribution in [0, 0.1) is 0 Å². The highest BCUT2D eigenvalue weighted by molar-refractivity contribution is 7.85. The predicted octanol–water partition coefficient (Wildman–Crippen LogP) is 0.190. The zero-order valence-electron chi connectivity index (χ0n) is 9.19. The van der Waals surface area contributed by atoms with Gasteiger partial charge in [-0.15, -0.1) is 0 Å². The van der Waals surface area contributed by atoms with Gasteiger partial charge in [0, 0.05) is 33.1 Å². The first kappa shape index (κ1) is 15.0. The fraction of sp³-hybridized carbons (Fsp3) is 1.00. The maximum atomic E-state index is 10.3. The molecule has 0 aliphatic heterocycles. The van der Waals surface area contributed by atoms with Gasteiger partial charge in [0.25, 0.3) is 0 Å². The van der Waals surface area contributed by atoms with Gasteiger partial charge in [-0.1, -0.05) is 0 Å². The molecule has 0 aliphatic rings. The van der Waals surface area contributed by atoms with Crippen molar-refractivity contribution in [1.29, 1.82) is 0 Å². The Balaban J connectivity index is 3.92. The van der Waals surface area contributed by atoms with E-state index in [9.17, 15) is 13.0 Å². The largest absolute Gasteiger partial charge is 0.748 e. The Morgan fingerprint density at radius 2 is 1.53 bits per heavy atom. The minimum absolute atomic E-state index is 0.302. The molecule has 0 fully saturated rings. The standard InChI is InChI=1S/C7H18O6SSi/c1-11-15(12-2,13-3)7-5-4-6-14(8,9)10/h4-7H2,1-3H3,(H,8,9,10)/p-1. The SMILES string of the molecule is CO[Si](CCCCS(=O)(=O)[O-])(OC)OC. The molecule has 0 saturated carbocycles. The minimum Gasteiger partial charge on any atom is -0.748 e. The van der Waals surface area contributed by atoms with Gasteiger partial charge < -0.3 is 17.8 Å². The van der Waals surface area contributed by atoms with Gasteiger partial charge in [0.05, 0.1) is 10.1 Å². The summed E-state index contributed by atoms with van der Waals surface area (Å²) in [5.74, 6) is -0.353. The monoisotopic (exact) mass is 257 g/mol. The Bertz CT molecular complexity index is 252. The van der Waals surface area contributed by atoms with Crippen LogP contribution in [0.1, 0.15) is 12.8 Å². The molecular weight excluding hydrogens is 240 g/mol. The van der Waals surface area contributed by atoms with Crippen LogP contribution in [0.5, 0.6) is 0 Å². The quantitative estimate of drug-likeness (QED) is 0.350. The topological polar surface area (TPSA) is 84.9 Å². The first-order chi connectivity index (χ1) is 6.89. The lowest BCUT2D eigenvalue weighted by molar-refractivity contribution is 0.123. The summed E-state index contributed by atoms with van der Waals surface area (Å²) in [7, 11) is -2.26. The zero-order chi connectivity index (χ0) is 11.9. The van der Waals surface area contributed by atoms with E-state index in [-0.39, 0.29) is 5.75 Å². The Hall–Kier alpha value is 0.00688. The van der Waals surface area contributed by atoms with Crippen LogP contribution in [0.3, 0.4) is 0 Å². The molecule has 0 bridgehead atoms. The van der Waals surface area contributed by atoms with E-state index in [2.05, 4.69) is 0 Å². The summed E-state index contributed by atoms with van der Waals surface area (Å²) in [4.78, 5) is 0. The van der Waals surface area contributed by atoms with Gasteiger partial charge in [0.15, 0.2) is 0 Å². The minimum atomic E-state index is -4.12. The van der Waals surface area contributed by atoms with Crippen molar-refractivity contribution in [2.24, 2.45) is 0 Å². The molecule has 0 amide bonds. The van der Waals surface area contributed by atoms with Crippen molar-refractivity contribution >= 4 is 18.9 Å². The van der Waals surface area contributed by atoms with Crippen molar-refractivity contribution < 1.29 is 26.2 Å². The molecule has 0 N–H and O–H groups in total. The third kappa shape index (κ3) is 6.23. The van der Waals surface area contributed by atoms with Crippen molar-refractivity contribution in [2.75, 3.05) is 27.1 Å².